The predicted molar refractivity (Wildman–Crippen MR) is 82.8 cm³/mol. The van der Waals surface area contributed by atoms with E-state index in [4.69, 9.17) is 0 Å². The molecule has 5 heteroatoms. The summed E-state index contributed by atoms with van der Waals surface area (Å²) in [4.78, 5) is 14.7. The highest BCUT2D eigenvalue weighted by Crippen LogP contribution is 2.26. The molecule has 0 bridgehead atoms. The maximum Gasteiger partial charge on any atom is 0.270 e. The summed E-state index contributed by atoms with van der Waals surface area (Å²) in [6.45, 7) is 2.93. The Morgan fingerprint density at radius 1 is 1.40 bits per heavy atom. The zero-order valence-electron chi connectivity index (χ0n) is 11.9. The number of aromatic nitrogens is 1. The van der Waals surface area contributed by atoms with Crippen molar-refractivity contribution in [1.82, 2.24) is 14.8 Å². The quantitative estimate of drug-likeness (QED) is 0.898. The van der Waals surface area contributed by atoms with Gasteiger partial charge in [0.05, 0.1) is 0 Å². The van der Waals surface area contributed by atoms with E-state index in [1.54, 1.807) is 0 Å². The van der Waals surface area contributed by atoms with Gasteiger partial charge in [-0.3, -0.25) is 4.79 Å². The molecule has 0 aromatic carbocycles. The number of hydrogen-bond donors (Lipinski definition) is 1. The van der Waals surface area contributed by atoms with Crippen LogP contribution in [0.25, 0.3) is 0 Å². The number of halogens is 1. The molecular formula is C15H22BrN3O. The monoisotopic (exact) mass is 339 g/mol. The Morgan fingerprint density at radius 3 is 2.90 bits per heavy atom. The number of amides is 1. The number of hydrogen-bond acceptors (Lipinski definition) is 2. The lowest BCUT2D eigenvalue weighted by Gasteiger charge is -2.35. The van der Waals surface area contributed by atoms with Crippen LogP contribution >= 0.6 is 15.9 Å². The summed E-state index contributed by atoms with van der Waals surface area (Å²) >= 11 is 3.44. The van der Waals surface area contributed by atoms with Gasteiger partial charge in [0, 0.05) is 36.8 Å². The molecule has 2 aliphatic heterocycles. The van der Waals surface area contributed by atoms with E-state index in [9.17, 15) is 4.79 Å². The van der Waals surface area contributed by atoms with Crippen LogP contribution in [0.3, 0.4) is 0 Å². The standard InChI is InChI=1S/C15H22BrN3O/c1-18-10-12(16)8-14(18)15(20)19-7-3-4-11(9-19)13-5-2-6-17-13/h8,10-11,13,17H,2-7,9H2,1H3. The van der Waals surface area contributed by atoms with Crippen molar-refractivity contribution in [1.29, 1.82) is 0 Å². The topological polar surface area (TPSA) is 37.3 Å². The van der Waals surface area contributed by atoms with Crippen LogP contribution in [-0.4, -0.2) is 41.1 Å². The zero-order chi connectivity index (χ0) is 14.1. The van der Waals surface area contributed by atoms with E-state index < -0.39 is 0 Å². The molecule has 110 valence electrons. The van der Waals surface area contributed by atoms with E-state index in [0.29, 0.717) is 12.0 Å². The first kappa shape index (κ1) is 14.1. The molecule has 2 saturated heterocycles. The lowest BCUT2D eigenvalue weighted by atomic mass is 9.89. The molecule has 3 rings (SSSR count). The predicted octanol–water partition coefficient (Wildman–Crippen LogP) is 2.39. The van der Waals surface area contributed by atoms with E-state index in [1.165, 1.54) is 19.3 Å². The van der Waals surface area contributed by atoms with Gasteiger partial charge < -0.3 is 14.8 Å². The minimum Gasteiger partial charge on any atom is -0.345 e. The molecule has 1 N–H and O–H groups in total. The van der Waals surface area contributed by atoms with Crippen LogP contribution in [0.1, 0.15) is 36.2 Å². The highest BCUT2D eigenvalue weighted by Gasteiger charge is 2.31. The molecule has 1 amide bonds. The number of aryl methyl sites for hydroxylation is 1. The molecule has 1 aromatic heterocycles. The molecule has 0 radical (unpaired) electrons. The summed E-state index contributed by atoms with van der Waals surface area (Å²) in [6, 6.07) is 2.53. The second-order valence-corrected chi connectivity index (χ2v) is 6.93. The maximum atomic E-state index is 12.7. The fraction of sp³-hybridized carbons (Fsp3) is 0.667. The van der Waals surface area contributed by atoms with Crippen molar-refractivity contribution in [2.75, 3.05) is 19.6 Å². The number of piperidine rings is 1. The lowest BCUT2D eigenvalue weighted by molar-refractivity contribution is 0.0641. The lowest BCUT2D eigenvalue weighted by Crippen LogP contribution is -2.46. The molecule has 2 aliphatic rings. The Balaban J connectivity index is 1.70. The van der Waals surface area contributed by atoms with Gasteiger partial charge in [0.25, 0.3) is 5.91 Å². The van der Waals surface area contributed by atoms with Crippen molar-refractivity contribution in [3.05, 3.63) is 22.4 Å². The Hall–Kier alpha value is -0.810. The zero-order valence-corrected chi connectivity index (χ0v) is 13.5. The average Bonchev–Trinajstić information content (AvgIpc) is 3.08. The van der Waals surface area contributed by atoms with E-state index in [1.807, 2.05) is 28.8 Å². The van der Waals surface area contributed by atoms with Crippen LogP contribution in [0, 0.1) is 5.92 Å². The van der Waals surface area contributed by atoms with Gasteiger partial charge in [0.2, 0.25) is 0 Å². The molecule has 2 unspecified atom stereocenters. The Kier molecular flexibility index (Phi) is 4.17. The second kappa shape index (κ2) is 5.90. The number of rotatable bonds is 2. The van der Waals surface area contributed by atoms with E-state index in [-0.39, 0.29) is 5.91 Å². The van der Waals surface area contributed by atoms with Gasteiger partial charge in [-0.2, -0.15) is 0 Å². The van der Waals surface area contributed by atoms with Gasteiger partial charge in [-0.1, -0.05) is 0 Å². The molecule has 0 aliphatic carbocycles. The summed E-state index contributed by atoms with van der Waals surface area (Å²) in [5.41, 5.74) is 0.775. The molecule has 2 atom stereocenters. The van der Waals surface area contributed by atoms with Gasteiger partial charge in [-0.15, -0.1) is 0 Å². The average molecular weight is 340 g/mol. The Morgan fingerprint density at radius 2 is 2.25 bits per heavy atom. The van der Waals surface area contributed by atoms with Crippen LogP contribution in [0.2, 0.25) is 0 Å². The third-order valence-electron chi connectivity index (χ3n) is 4.60. The minimum atomic E-state index is 0.167. The molecule has 4 nitrogen and oxygen atoms in total. The van der Waals surface area contributed by atoms with Crippen molar-refractivity contribution < 1.29 is 4.79 Å². The smallest absolute Gasteiger partial charge is 0.270 e. The largest absolute Gasteiger partial charge is 0.345 e. The Labute approximate surface area is 128 Å². The summed E-state index contributed by atoms with van der Waals surface area (Å²) in [5, 5.41) is 3.59. The van der Waals surface area contributed by atoms with Crippen LogP contribution in [0.5, 0.6) is 0 Å². The van der Waals surface area contributed by atoms with Gasteiger partial charge in [0.15, 0.2) is 0 Å². The van der Waals surface area contributed by atoms with Crippen LogP contribution in [0.15, 0.2) is 16.7 Å². The first-order chi connectivity index (χ1) is 9.65. The summed E-state index contributed by atoms with van der Waals surface area (Å²) in [7, 11) is 1.93. The first-order valence-electron chi connectivity index (χ1n) is 7.49. The Bertz CT molecular complexity index is 493. The first-order valence-corrected chi connectivity index (χ1v) is 8.29. The molecule has 3 heterocycles. The molecule has 1 aromatic rings. The van der Waals surface area contributed by atoms with E-state index in [0.717, 1.165) is 36.2 Å². The highest BCUT2D eigenvalue weighted by atomic mass is 79.9. The van der Waals surface area contributed by atoms with E-state index in [2.05, 4.69) is 21.2 Å². The number of nitrogens with one attached hydrogen (secondary N) is 1. The maximum absolute atomic E-state index is 12.7. The van der Waals surface area contributed by atoms with Gasteiger partial charge in [-0.05, 0) is 60.1 Å². The fourth-order valence-electron chi connectivity index (χ4n) is 3.54. The van der Waals surface area contributed by atoms with Crippen molar-refractivity contribution in [2.24, 2.45) is 13.0 Å². The number of nitrogens with zero attached hydrogens (tertiary/aromatic N) is 2. The molecular weight excluding hydrogens is 318 g/mol. The molecule has 0 spiro atoms. The van der Waals surface area contributed by atoms with Crippen LogP contribution in [-0.2, 0) is 7.05 Å². The van der Waals surface area contributed by atoms with Crippen molar-refractivity contribution in [3.8, 4) is 0 Å². The summed E-state index contributed by atoms with van der Waals surface area (Å²) in [6.07, 6.45) is 6.86. The van der Waals surface area contributed by atoms with Crippen LogP contribution < -0.4 is 5.32 Å². The normalized spacial score (nSPS) is 27.0. The van der Waals surface area contributed by atoms with Gasteiger partial charge >= 0.3 is 0 Å². The van der Waals surface area contributed by atoms with Gasteiger partial charge in [-0.25, -0.2) is 0 Å². The van der Waals surface area contributed by atoms with E-state index >= 15 is 0 Å². The fourth-order valence-corrected chi connectivity index (χ4v) is 4.06. The summed E-state index contributed by atoms with van der Waals surface area (Å²) < 4.78 is 2.87. The highest BCUT2D eigenvalue weighted by molar-refractivity contribution is 9.10. The SMILES string of the molecule is Cn1cc(Br)cc1C(=O)N1CCCC(C2CCCN2)C1. The number of carbonyl (C=O) groups is 1. The number of likely N-dealkylation sites (tertiary alicyclic amines) is 1. The van der Waals surface area contributed by atoms with Crippen molar-refractivity contribution in [3.63, 3.8) is 0 Å². The third kappa shape index (κ3) is 2.79. The third-order valence-corrected chi connectivity index (χ3v) is 5.04. The molecule has 0 saturated carbocycles. The van der Waals surface area contributed by atoms with Crippen molar-refractivity contribution >= 4 is 21.8 Å². The van der Waals surface area contributed by atoms with Gasteiger partial charge in [0.1, 0.15) is 5.69 Å². The van der Waals surface area contributed by atoms with Crippen molar-refractivity contribution in [2.45, 2.75) is 31.7 Å². The summed E-state index contributed by atoms with van der Waals surface area (Å²) in [5.74, 6) is 0.791. The van der Waals surface area contributed by atoms with Crippen LogP contribution in [0.4, 0.5) is 0 Å². The second-order valence-electron chi connectivity index (χ2n) is 6.01. The molecule has 2 fully saturated rings. The minimum absolute atomic E-state index is 0.167. The number of carbonyl (C=O) groups excluding carboxylic acids is 1. The molecule has 20 heavy (non-hydrogen) atoms.